The average Bonchev–Trinajstić information content (AvgIpc) is 2.46. The summed E-state index contributed by atoms with van der Waals surface area (Å²) >= 11 is 0. The number of nitrogen functional groups attached to an aromatic ring is 1. The molecule has 1 aromatic heterocycles. The van der Waals surface area contributed by atoms with E-state index in [0.717, 1.165) is 17.1 Å². The van der Waals surface area contributed by atoms with Crippen LogP contribution in [0.1, 0.15) is 5.69 Å². The fourth-order valence-electron chi connectivity index (χ4n) is 2.04. The third-order valence-electron chi connectivity index (χ3n) is 3.06. The molecule has 0 atom stereocenters. The Morgan fingerprint density at radius 1 is 1.20 bits per heavy atom. The molecule has 2 rings (SSSR count). The monoisotopic (exact) mass is 273 g/mol. The first-order chi connectivity index (χ1) is 9.65. The van der Waals surface area contributed by atoms with Crippen LogP contribution in [0.15, 0.2) is 36.5 Å². The van der Waals surface area contributed by atoms with Gasteiger partial charge in [-0.05, 0) is 18.2 Å². The summed E-state index contributed by atoms with van der Waals surface area (Å²) in [5.74, 6) is 1.34. The van der Waals surface area contributed by atoms with E-state index in [2.05, 4.69) is 9.88 Å². The summed E-state index contributed by atoms with van der Waals surface area (Å²) in [4.78, 5) is 6.42. The maximum absolute atomic E-state index is 5.80. The van der Waals surface area contributed by atoms with Crippen LogP contribution in [0.3, 0.4) is 0 Å². The highest BCUT2D eigenvalue weighted by atomic mass is 16.5. The van der Waals surface area contributed by atoms with E-state index in [9.17, 15) is 0 Å². The fourth-order valence-corrected chi connectivity index (χ4v) is 2.04. The first kappa shape index (κ1) is 14.0. The quantitative estimate of drug-likeness (QED) is 0.847. The molecule has 106 valence electrons. The highest BCUT2D eigenvalue weighted by Crippen LogP contribution is 2.30. The predicted octanol–water partition coefficient (Wildman–Crippen LogP) is 2.32. The van der Waals surface area contributed by atoms with Crippen molar-refractivity contribution in [1.82, 2.24) is 4.98 Å². The molecule has 2 aromatic rings. The molecule has 1 aromatic carbocycles. The summed E-state index contributed by atoms with van der Waals surface area (Å²) in [6, 6.07) is 9.50. The summed E-state index contributed by atoms with van der Waals surface area (Å²) in [5.41, 5.74) is 8.38. The van der Waals surface area contributed by atoms with E-state index >= 15 is 0 Å². The van der Waals surface area contributed by atoms with Gasteiger partial charge in [0.1, 0.15) is 5.69 Å². The number of pyridine rings is 1. The largest absolute Gasteiger partial charge is 0.493 e. The van der Waals surface area contributed by atoms with Crippen molar-refractivity contribution in [2.24, 2.45) is 0 Å². The SMILES string of the molecule is COc1ccnc(CN(C)c2cccc(N)c2)c1OC. The number of hydrogen-bond donors (Lipinski definition) is 1. The molecular weight excluding hydrogens is 254 g/mol. The van der Waals surface area contributed by atoms with Crippen molar-refractivity contribution < 1.29 is 9.47 Å². The van der Waals surface area contributed by atoms with Gasteiger partial charge in [0.15, 0.2) is 11.5 Å². The van der Waals surface area contributed by atoms with E-state index in [1.54, 1.807) is 26.5 Å². The van der Waals surface area contributed by atoms with Gasteiger partial charge in [-0.15, -0.1) is 0 Å². The number of rotatable bonds is 5. The van der Waals surface area contributed by atoms with E-state index in [1.807, 2.05) is 31.3 Å². The Kier molecular flexibility index (Phi) is 4.30. The van der Waals surface area contributed by atoms with Gasteiger partial charge in [0.25, 0.3) is 0 Å². The van der Waals surface area contributed by atoms with Gasteiger partial charge in [0.05, 0.1) is 20.8 Å². The lowest BCUT2D eigenvalue weighted by molar-refractivity contribution is 0.349. The second-order valence-electron chi connectivity index (χ2n) is 4.44. The summed E-state index contributed by atoms with van der Waals surface area (Å²) in [6.45, 7) is 0.601. The molecule has 0 saturated heterocycles. The number of methoxy groups -OCH3 is 2. The lowest BCUT2D eigenvalue weighted by Crippen LogP contribution is -2.18. The molecule has 5 nitrogen and oxygen atoms in total. The Labute approximate surface area is 118 Å². The molecule has 0 bridgehead atoms. The lowest BCUT2D eigenvalue weighted by atomic mass is 10.2. The second-order valence-corrected chi connectivity index (χ2v) is 4.44. The van der Waals surface area contributed by atoms with Crippen molar-refractivity contribution in [3.05, 3.63) is 42.2 Å². The van der Waals surface area contributed by atoms with E-state index in [-0.39, 0.29) is 0 Å². The van der Waals surface area contributed by atoms with Gasteiger partial charge >= 0.3 is 0 Å². The maximum atomic E-state index is 5.80. The summed E-state index contributed by atoms with van der Waals surface area (Å²) in [5, 5.41) is 0. The molecule has 20 heavy (non-hydrogen) atoms. The number of nitrogens with zero attached hydrogens (tertiary/aromatic N) is 2. The maximum Gasteiger partial charge on any atom is 0.184 e. The van der Waals surface area contributed by atoms with Crippen molar-refractivity contribution in [2.75, 3.05) is 31.9 Å². The van der Waals surface area contributed by atoms with E-state index in [0.29, 0.717) is 18.0 Å². The number of anilines is 2. The van der Waals surface area contributed by atoms with Crippen LogP contribution in [-0.4, -0.2) is 26.3 Å². The molecule has 0 saturated carbocycles. The van der Waals surface area contributed by atoms with Crippen molar-refractivity contribution in [1.29, 1.82) is 0 Å². The van der Waals surface area contributed by atoms with Gasteiger partial charge in [0, 0.05) is 30.7 Å². The number of aromatic nitrogens is 1. The fraction of sp³-hybridized carbons (Fsp3) is 0.267. The van der Waals surface area contributed by atoms with Crippen molar-refractivity contribution in [3.63, 3.8) is 0 Å². The molecule has 2 N–H and O–H groups in total. The minimum absolute atomic E-state index is 0.601. The Morgan fingerprint density at radius 2 is 2.00 bits per heavy atom. The summed E-state index contributed by atoms with van der Waals surface area (Å²) in [7, 11) is 5.21. The van der Waals surface area contributed by atoms with Crippen LogP contribution >= 0.6 is 0 Å². The smallest absolute Gasteiger partial charge is 0.184 e. The van der Waals surface area contributed by atoms with Gasteiger partial charge in [0.2, 0.25) is 0 Å². The molecule has 0 fully saturated rings. The topological polar surface area (TPSA) is 60.6 Å². The number of benzene rings is 1. The molecule has 0 radical (unpaired) electrons. The van der Waals surface area contributed by atoms with Gasteiger partial charge < -0.3 is 20.1 Å². The molecule has 0 unspecified atom stereocenters. The van der Waals surface area contributed by atoms with E-state index in [4.69, 9.17) is 15.2 Å². The lowest BCUT2D eigenvalue weighted by Gasteiger charge is -2.21. The van der Waals surface area contributed by atoms with Crippen LogP contribution in [0.2, 0.25) is 0 Å². The number of ether oxygens (including phenoxy) is 2. The minimum atomic E-state index is 0.601. The first-order valence-corrected chi connectivity index (χ1v) is 6.28. The Balaban J connectivity index is 2.25. The van der Waals surface area contributed by atoms with Crippen LogP contribution in [0.25, 0.3) is 0 Å². The molecule has 0 aliphatic carbocycles. The van der Waals surface area contributed by atoms with Gasteiger partial charge in [-0.1, -0.05) is 6.07 Å². The molecule has 0 aliphatic heterocycles. The zero-order chi connectivity index (χ0) is 14.5. The molecule has 0 amide bonds. The van der Waals surface area contributed by atoms with Crippen LogP contribution < -0.4 is 20.1 Å². The zero-order valence-corrected chi connectivity index (χ0v) is 12.0. The molecule has 5 heteroatoms. The third-order valence-corrected chi connectivity index (χ3v) is 3.06. The van der Waals surface area contributed by atoms with Crippen molar-refractivity contribution >= 4 is 11.4 Å². The minimum Gasteiger partial charge on any atom is -0.493 e. The van der Waals surface area contributed by atoms with Crippen molar-refractivity contribution in [3.8, 4) is 11.5 Å². The van der Waals surface area contributed by atoms with E-state index < -0.39 is 0 Å². The second kappa shape index (κ2) is 6.14. The van der Waals surface area contributed by atoms with Gasteiger partial charge in [-0.3, -0.25) is 4.98 Å². The Hall–Kier alpha value is -2.43. The summed E-state index contributed by atoms with van der Waals surface area (Å²) < 4.78 is 10.7. The predicted molar refractivity (Wildman–Crippen MR) is 80.3 cm³/mol. The van der Waals surface area contributed by atoms with Crippen LogP contribution in [0.5, 0.6) is 11.5 Å². The summed E-state index contributed by atoms with van der Waals surface area (Å²) in [6.07, 6.45) is 1.71. The number of nitrogens with two attached hydrogens (primary N) is 1. The first-order valence-electron chi connectivity index (χ1n) is 6.28. The molecule has 0 spiro atoms. The van der Waals surface area contributed by atoms with Crippen LogP contribution in [0, 0.1) is 0 Å². The van der Waals surface area contributed by atoms with Crippen molar-refractivity contribution in [2.45, 2.75) is 6.54 Å². The highest BCUT2D eigenvalue weighted by molar-refractivity contribution is 5.56. The third kappa shape index (κ3) is 2.93. The van der Waals surface area contributed by atoms with Gasteiger partial charge in [-0.2, -0.15) is 0 Å². The molecule has 0 aliphatic rings. The normalized spacial score (nSPS) is 10.2. The highest BCUT2D eigenvalue weighted by Gasteiger charge is 2.13. The standard InChI is InChI=1S/C15H19N3O2/c1-18(12-6-4-5-11(16)9-12)10-13-15(20-3)14(19-2)7-8-17-13/h4-9H,10,16H2,1-3H3. The van der Waals surface area contributed by atoms with Crippen LogP contribution in [-0.2, 0) is 6.54 Å². The Bertz CT molecular complexity index is 587. The van der Waals surface area contributed by atoms with Crippen LogP contribution in [0.4, 0.5) is 11.4 Å². The number of hydrogen-bond acceptors (Lipinski definition) is 5. The van der Waals surface area contributed by atoms with E-state index in [1.165, 1.54) is 0 Å². The Morgan fingerprint density at radius 3 is 2.65 bits per heavy atom. The van der Waals surface area contributed by atoms with Gasteiger partial charge in [-0.25, -0.2) is 0 Å². The zero-order valence-electron chi connectivity index (χ0n) is 12.0. The molecular formula is C15H19N3O2. The average molecular weight is 273 g/mol. The molecule has 1 heterocycles.